The Bertz CT molecular complexity index is 910. The summed E-state index contributed by atoms with van der Waals surface area (Å²) in [5.74, 6) is -4.49. The Morgan fingerprint density at radius 3 is 1.68 bits per heavy atom. The maximum Gasteiger partial charge on any atom is 0.422 e. The number of hydrogen-bond donors (Lipinski definition) is 0. The molecule has 0 saturated heterocycles. The topological polar surface area (TPSA) is 0 Å². The van der Waals surface area contributed by atoms with Crippen molar-refractivity contribution in [1.82, 2.24) is 0 Å². The molecule has 1 saturated carbocycles. The highest BCUT2D eigenvalue weighted by atomic mass is 19.4. The number of benzene rings is 2. The summed E-state index contributed by atoms with van der Waals surface area (Å²) >= 11 is 0. The number of aryl methyl sites for hydroxylation is 1. The minimum Gasteiger partial charge on any atom is -0.206 e. The Morgan fingerprint density at radius 2 is 1.21 bits per heavy atom. The summed E-state index contributed by atoms with van der Waals surface area (Å²) in [5.41, 5.74) is -3.01. The molecule has 0 nitrogen and oxygen atoms in total. The maximum absolute atomic E-state index is 14.6. The molecule has 0 N–H and O–H groups in total. The molecule has 0 aliphatic heterocycles. The summed E-state index contributed by atoms with van der Waals surface area (Å²) in [6, 6.07) is 2.81. The predicted molar refractivity (Wildman–Crippen MR) is 119 cm³/mol. The molecule has 2 aromatic carbocycles. The van der Waals surface area contributed by atoms with E-state index in [1.54, 1.807) is 0 Å². The van der Waals surface area contributed by atoms with Crippen molar-refractivity contribution < 1.29 is 30.7 Å². The van der Waals surface area contributed by atoms with E-state index in [2.05, 4.69) is 6.92 Å². The van der Waals surface area contributed by atoms with Gasteiger partial charge in [-0.2, -0.15) is 13.2 Å². The smallest absolute Gasteiger partial charge is 0.206 e. The van der Waals surface area contributed by atoms with Gasteiger partial charge in [0.05, 0.1) is 5.56 Å². The summed E-state index contributed by atoms with van der Waals surface area (Å²) in [4.78, 5) is 0. The lowest BCUT2D eigenvalue weighted by Crippen LogP contribution is -2.14. The van der Waals surface area contributed by atoms with E-state index in [-0.39, 0.29) is 0 Å². The lowest BCUT2D eigenvalue weighted by molar-refractivity contribution is -0.142. The van der Waals surface area contributed by atoms with E-state index in [0.29, 0.717) is 30.0 Å². The first-order chi connectivity index (χ1) is 16.1. The molecule has 1 aliphatic rings. The van der Waals surface area contributed by atoms with Crippen molar-refractivity contribution in [3.63, 3.8) is 0 Å². The van der Waals surface area contributed by atoms with Crippen LogP contribution >= 0.6 is 0 Å². The average molecular weight is 489 g/mol. The van der Waals surface area contributed by atoms with E-state index in [0.717, 1.165) is 30.9 Å². The van der Waals surface area contributed by atoms with Gasteiger partial charge in [0.15, 0.2) is 0 Å². The van der Waals surface area contributed by atoms with Crippen LogP contribution in [-0.4, -0.2) is 0 Å². The molecule has 188 valence electrons. The molecule has 3 rings (SSSR count). The number of rotatable bonds is 9. The van der Waals surface area contributed by atoms with Crippen LogP contribution in [0.1, 0.15) is 82.3 Å². The van der Waals surface area contributed by atoms with E-state index < -0.39 is 46.1 Å². The van der Waals surface area contributed by atoms with Crippen LogP contribution < -0.4 is 0 Å². The SMILES string of the molecule is CCCCCC1CCC(CCCc2cc(F)c(-c3cc(F)c(C(F)(F)F)c(F)c3)c(F)c2)CC1. The van der Waals surface area contributed by atoms with Crippen LogP contribution in [0.15, 0.2) is 24.3 Å². The van der Waals surface area contributed by atoms with Crippen molar-refractivity contribution in [3.8, 4) is 11.1 Å². The standard InChI is InChI=1S/C27H31F7/c1-2-3-4-6-17-9-11-18(12-10-17)7-5-8-19-13-21(28)25(22(29)14-19)20-15-23(30)26(24(31)16-20)27(32,33)34/h13-18H,2-12H2,1H3. The van der Waals surface area contributed by atoms with Crippen molar-refractivity contribution >= 4 is 0 Å². The van der Waals surface area contributed by atoms with Crippen LogP contribution in [0.25, 0.3) is 11.1 Å². The summed E-state index contributed by atoms with van der Waals surface area (Å²) < 4.78 is 95.3. The molecular formula is C27H31F7. The zero-order valence-electron chi connectivity index (χ0n) is 19.4. The van der Waals surface area contributed by atoms with Crippen LogP contribution in [0, 0.1) is 35.1 Å². The molecule has 0 amide bonds. The fourth-order valence-electron chi connectivity index (χ4n) is 5.12. The molecule has 34 heavy (non-hydrogen) atoms. The monoisotopic (exact) mass is 488 g/mol. The Labute approximate surface area is 196 Å². The molecule has 0 heterocycles. The van der Waals surface area contributed by atoms with Crippen LogP contribution in [-0.2, 0) is 12.6 Å². The van der Waals surface area contributed by atoms with Crippen LogP contribution in [0.3, 0.4) is 0 Å². The van der Waals surface area contributed by atoms with Crippen molar-refractivity contribution in [3.05, 3.63) is 58.7 Å². The van der Waals surface area contributed by atoms with Gasteiger partial charge in [0.2, 0.25) is 0 Å². The minimum atomic E-state index is -5.25. The molecule has 2 aromatic rings. The molecule has 0 bridgehead atoms. The van der Waals surface area contributed by atoms with E-state index >= 15 is 0 Å². The van der Waals surface area contributed by atoms with Gasteiger partial charge in [0.25, 0.3) is 0 Å². The predicted octanol–water partition coefficient (Wildman–Crippen LogP) is 9.64. The quantitative estimate of drug-likeness (QED) is 0.243. The van der Waals surface area contributed by atoms with Crippen molar-refractivity contribution in [2.75, 3.05) is 0 Å². The van der Waals surface area contributed by atoms with Gasteiger partial charge in [-0.15, -0.1) is 0 Å². The van der Waals surface area contributed by atoms with E-state index in [4.69, 9.17) is 0 Å². The van der Waals surface area contributed by atoms with Gasteiger partial charge in [-0.05, 0) is 60.1 Å². The Hall–Kier alpha value is -2.05. The van der Waals surface area contributed by atoms with Crippen molar-refractivity contribution in [2.24, 2.45) is 11.8 Å². The molecule has 1 fully saturated rings. The normalized spacial score (nSPS) is 18.9. The van der Waals surface area contributed by atoms with Crippen molar-refractivity contribution in [2.45, 2.75) is 83.7 Å². The molecule has 0 radical (unpaired) electrons. The zero-order chi connectivity index (χ0) is 24.9. The molecule has 0 spiro atoms. The summed E-state index contributed by atoms with van der Waals surface area (Å²) in [6.45, 7) is 2.20. The van der Waals surface area contributed by atoms with Crippen LogP contribution in [0.2, 0.25) is 0 Å². The molecule has 0 atom stereocenters. The van der Waals surface area contributed by atoms with E-state index in [1.165, 1.54) is 51.4 Å². The van der Waals surface area contributed by atoms with Gasteiger partial charge in [-0.3, -0.25) is 0 Å². The van der Waals surface area contributed by atoms with Gasteiger partial charge < -0.3 is 0 Å². The van der Waals surface area contributed by atoms with Gasteiger partial charge in [-0.25, -0.2) is 17.6 Å². The molecule has 1 aliphatic carbocycles. The highest BCUT2D eigenvalue weighted by Crippen LogP contribution is 2.38. The number of halogens is 7. The lowest BCUT2D eigenvalue weighted by atomic mass is 9.78. The molecular weight excluding hydrogens is 457 g/mol. The second-order valence-electron chi connectivity index (χ2n) is 9.52. The largest absolute Gasteiger partial charge is 0.422 e. The highest BCUT2D eigenvalue weighted by molar-refractivity contribution is 5.66. The van der Waals surface area contributed by atoms with Gasteiger partial charge in [-0.1, -0.05) is 64.7 Å². The van der Waals surface area contributed by atoms with E-state index in [1.807, 2.05) is 0 Å². The molecule has 0 aromatic heterocycles. The Morgan fingerprint density at radius 1 is 0.706 bits per heavy atom. The first kappa shape index (κ1) is 26.6. The maximum atomic E-state index is 14.6. The summed E-state index contributed by atoms with van der Waals surface area (Å²) in [5, 5.41) is 0. The molecule has 7 heteroatoms. The third-order valence-electron chi connectivity index (χ3n) is 6.98. The van der Waals surface area contributed by atoms with Crippen molar-refractivity contribution in [1.29, 1.82) is 0 Å². The summed E-state index contributed by atoms with van der Waals surface area (Å²) in [7, 11) is 0. The van der Waals surface area contributed by atoms with E-state index in [9.17, 15) is 30.7 Å². The lowest BCUT2D eigenvalue weighted by Gasteiger charge is -2.28. The Balaban J connectivity index is 1.59. The van der Waals surface area contributed by atoms with Crippen LogP contribution in [0.5, 0.6) is 0 Å². The second kappa shape index (κ2) is 11.6. The van der Waals surface area contributed by atoms with Crippen LogP contribution in [0.4, 0.5) is 30.7 Å². The van der Waals surface area contributed by atoms with Gasteiger partial charge >= 0.3 is 6.18 Å². The molecule has 0 unspecified atom stereocenters. The Kier molecular flexibility index (Phi) is 9.05. The average Bonchev–Trinajstić information content (AvgIpc) is 2.73. The third kappa shape index (κ3) is 6.76. The summed E-state index contributed by atoms with van der Waals surface area (Å²) in [6.07, 6.45) is 6.93. The minimum absolute atomic E-state index is 0.311. The third-order valence-corrected chi connectivity index (χ3v) is 6.98. The number of hydrogen-bond acceptors (Lipinski definition) is 0. The van der Waals surface area contributed by atoms with Gasteiger partial charge in [0.1, 0.15) is 28.8 Å². The second-order valence-corrected chi connectivity index (χ2v) is 9.52. The number of unbranched alkanes of at least 4 members (excludes halogenated alkanes) is 2. The first-order valence-corrected chi connectivity index (χ1v) is 12.1. The number of alkyl halides is 3. The fourth-order valence-corrected chi connectivity index (χ4v) is 5.12. The first-order valence-electron chi connectivity index (χ1n) is 12.1. The fraction of sp³-hybridized carbons (Fsp3) is 0.556. The zero-order valence-corrected chi connectivity index (χ0v) is 19.4. The highest BCUT2D eigenvalue weighted by Gasteiger charge is 2.38. The van der Waals surface area contributed by atoms with Gasteiger partial charge in [0, 0.05) is 0 Å².